The summed E-state index contributed by atoms with van der Waals surface area (Å²) in [7, 11) is 0. The lowest BCUT2D eigenvalue weighted by Crippen LogP contribution is -2.20. The number of rotatable bonds is 3. The largest absolute Gasteiger partial charge is 0.484 e. The Labute approximate surface area is 85.8 Å². The van der Waals surface area contributed by atoms with Gasteiger partial charge in [-0.05, 0) is 12.5 Å². The fraction of sp³-hybridized carbons (Fsp3) is 0.400. The van der Waals surface area contributed by atoms with Crippen LogP contribution in [0.15, 0.2) is 18.2 Å². The van der Waals surface area contributed by atoms with Crippen LogP contribution in [0.2, 0.25) is 0 Å². The SMILES string of the molecule is Cc1cccc(CN)c1OCC(F)(F)F. The fourth-order valence-electron chi connectivity index (χ4n) is 1.23. The van der Waals surface area contributed by atoms with Crippen LogP contribution in [0.1, 0.15) is 11.1 Å². The summed E-state index contributed by atoms with van der Waals surface area (Å²) in [6, 6.07) is 5.07. The lowest BCUT2D eigenvalue weighted by Gasteiger charge is -2.14. The Kier molecular flexibility index (Phi) is 3.57. The summed E-state index contributed by atoms with van der Waals surface area (Å²) in [6.07, 6.45) is -4.33. The van der Waals surface area contributed by atoms with Crippen LogP contribution in [0, 0.1) is 6.92 Å². The number of aryl methyl sites for hydroxylation is 1. The molecule has 0 aliphatic rings. The van der Waals surface area contributed by atoms with E-state index >= 15 is 0 Å². The molecule has 0 saturated carbocycles. The van der Waals surface area contributed by atoms with E-state index in [-0.39, 0.29) is 12.3 Å². The highest BCUT2D eigenvalue weighted by atomic mass is 19.4. The summed E-state index contributed by atoms with van der Waals surface area (Å²) in [4.78, 5) is 0. The van der Waals surface area contributed by atoms with E-state index in [1.165, 1.54) is 0 Å². The van der Waals surface area contributed by atoms with Gasteiger partial charge in [0.1, 0.15) is 5.75 Å². The van der Waals surface area contributed by atoms with Crippen molar-refractivity contribution < 1.29 is 17.9 Å². The molecule has 5 heteroatoms. The van der Waals surface area contributed by atoms with Crippen molar-refractivity contribution in [2.75, 3.05) is 6.61 Å². The van der Waals surface area contributed by atoms with Crippen LogP contribution in [0.25, 0.3) is 0 Å². The highest BCUT2D eigenvalue weighted by Crippen LogP contribution is 2.25. The molecule has 0 radical (unpaired) electrons. The molecule has 0 amide bonds. The number of hydrogen-bond donors (Lipinski definition) is 1. The van der Waals surface area contributed by atoms with Gasteiger partial charge in [-0.1, -0.05) is 18.2 Å². The van der Waals surface area contributed by atoms with E-state index in [9.17, 15) is 13.2 Å². The van der Waals surface area contributed by atoms with Crippen molar-refractivity contribution in [1.29, 1.82) is 0 Å². The van der Waals surface area contributed by atoms with E-state index in [4.69, 9.17) is 10.5 Å². The second-order valence-electron chi connectivity index (χ2n) is 3.17. The first-order chi connectivity index (χ1) is 6.94. The maximum Gasteiger partial charge on any atom is 0.422 e. The van der Waals surface area contributed by atoms with Gasteiger partial charge in [0.25, 0.3) is 0 Å². The highest BCUT2D eigenvalue weighted by molar-refractivity contribution is 5.40. The smallest absolute Gasteiger partial charge is 0.422 e. The molecule has 0 aliphatic carbocycles. The van der Waals surface area contributed by atoms with Crippen molar-refractivity contribution in [3.05, 3.63) is 29.3 Å². The molecular weight excluding hydrogens is 207 g/mol. The molecule has 2 nitrogen and oxygen atoms in total. The van der Waals surface area contributed by atoms with Gasteiger partial charge in [0.15, 0.2) is 6.61 Å². The van der Waals surface area contributed by atoms with E-state index in [0.29, 0.717) is 11.1 Å². The number of nitrogens with two attached hydrogens (primary N) is 1. The molecule has 84 valence electrons. The van der Waals surface area contributed by atoms with Gasteiger partial charge in [-0.15, -0.1) is 0 Å². The maximum absolute atomic E-state index is 12.0. The lowest BCUT2D eigenvalue weighted by atomic mass is 10.1. The van der Waals surface area contributed by atoms with Gasteiger partial charge in [-0.2, -0.15) is 13.2 Å². The van der Waals surface area contributed by atoms with Gasteiger partial charge in [0.05, 0.1) is 0 Å². The van der Waals surface area contributed by atoms with Crippen molar-refractivity contribution in [2.45, 2.75) is 19.6 Å². The summed E-state index contributed by atoms with van der Waals surface area (Å²) >= 11 is 0. The van der Waals surface area contributed by atoms with Crippen LogP contribution < -0.4 is 10.5 Å². The molecule has 0 aromatic heterocycles. The standard InChI is InChI=1S/C10H12F3NO/c1-7-3-2-4-8(5-14)9(7)15-6-10(11,12)13/h2-4H,5-6,14H2,1H3. The number of ether oxygens (including phenoxy) is 1. The molecule has 2 N–H and O–H groups in total. The Bertz CT molecular complexity index is 336. The number of halogens is 3. The van der Waals surface area contributed by atoms with Crippen LogP contribution in [0.4, 0.5) is 13.2 Å². The van der Waals surface area contributed by atoms with Gasteiger partial charge in [0.2, 0.25) is 0 Å². The lowest BCUT2D eigenvalue weighted by molar-refractivity contribution is -0.153. The Morgan fingerprint density at radius 2 is 2.00 bits per heavy atom. The Balaban J connectivity index is 2.83. The zero-order chi connectivity index (χ0) is 11.5. The quantitative estimate of drug-likeness (QED) is 0.847. The van der Waals surface area contributed by atoms with Crippen LogP contribution in [-0.2, 0) is 6.54 Å². The molecule has 1 aromatic rings. The summed E-state index contributed by atoms with van der Waals surface area (Å²) < 4.78 is 40.6. The first kappa shape index (κ1) is 11.8. The van der Waals surface area contributed by atoms with Gasteiger partial charge in [-0.25, -0.2) is 0 Å². The summed E-state index contributed by atoms with van der Waals surface area (Å²) in [5.74, 6) is 0.234. The fourth-order valence-corrected chi connectivity index (χ4v) is 1.23. The first-order valence-electron chi connectivity index (χ1n) is 4.42. The summed E-state index contributed by atoms with van der Waals surface area (Å²) in [6.45, 7) is 0.560. The third kappa shape index (κ3) is 3.43. The number of para-hydroxylation sites is 1. The van der Waals surface area contributed by atoms with Crippen molar-refractivity contribution in [3.63, 3.8) is 0 Å². The summed E-state index contributed by atoms with van der Waals surface area (Å²) in [5, 5.41) is 0. The number of benzene rings is 1. The second-order valence-corrected chi connectivity index (χ2v) is 3.17. The van der Waals surface area contributed by atoms with Gasteiger partial charge in [0, 0.05) is 12.1 Å². The van der Waals surface area contributed by atoms with Crippen molar-refractivity contribution >= 4 is 0 Å². The van der Waals surface area contributed by atoms with E-state index < -0.39 is 12.8 Å². The average Bonchev–Trinajstić information content (AvgIpc) is 2.14. The zero-order valence-electron chi connectivity index (χ0n) is 8.27. The van der Waals surface area contributed by atoms with E-state index in [1.807, 2.05) is 0 Å². The molecule has 0 spiro atoms. The Morgan fingerprint density at radius 1 is 1.33 bits per heavy atom. The third-order valence-corrected chi connectivity index (χ3v) is 1.89. The minimum Gasteiger partial charge on any atom is -0.484 e. The second kappa shape index (κ2) is 4.53. The molecule has 0 fully saturated rings. The topological polar surface area (TPSA) is 35.2 Å². The molecule has 0 saturated heterocycles. The van der Waals surface area contributed by atoms with Crippen LogP contribution in [0.3, 0.4) is 0 Å². The van der Waals surface area contributed by atoms with Crippen molar-refractivity contribution in [3.8, 4) is 5.75 Å². The Morgan fingerprint density at radius 3 is 2.53 bits per heavy atom. The van der Waals surface area contributed by atoms with Gasteiger partial charge in [-0.3, -0.25) is 0 Å². The van der Waals surface area contributed by atoms with E-state index in [0.717, 1.165) is 0 Å². The third-order valence-electron chi connectivity index (χ3n) is 1.89. The minimum absolute atomic E-state index is 0.162. The predicted octanol–water partition coefficient (Wildman–Crippen LogP) is 2.39. The molecule has 0 aliphatic heterocycles. The normalized spacial score (nSPS) is 11.5. The Hall–Kier alpha value is -1.23. The predicted molar refractivity (Wildman–Crippen MR) is 50.6 cm³/mol. The highest BCUT2D eigenvalue weighted by Gasteiger charge is 2.29. The molecule has 0 unspecified atom stereocenters. The molecule has 1 aromatic carbocycles. The summed E-state index contributed by atoms with van der Waals surface area (Å²) in [5.41, 5.74) is 6.64. The number of hydrogen-bond acceptors (Lipinski definition) is 2. The van der Waals surface area contributed by atoms with E-state index in [2.05, 4.69) is 0 Å². The van der Waals surface area contributed by atoms with Crippen LogP contribution in [0.5, 0.6) is 5.75 Å². The van der Waals surface area contributed by atoms with Crippen LogP contribution >= 0.6 is 0 Å². The molecule has 0 atom stereocenters. The minimum atomic E-state index is -4.33. The molecule has 1 rings (SSSR count). The zero-order valence-corrected chi connectivity index (χ0v) is 8.27. The monoisotopic (exact) mass is 219 g/mol. The average molecular weight is 219 g/mol. The van der Waals surface area contributed by atoms with Gasteiger partial charge < -0.3 is 10.5 Å². The molecule has 15 heavy (non-hydrogen) atoms. The molecular formula is C10H12F3NO. The molecule has 0 bridgehead atoms. The number of alkyl halides is 3. The van der Waals surface area contributed by atoms with Crippen molar-refractivity contribution in [1.82, 2.24) is 0 Å². The van der Waals surface area contributed by atoms with Crippen molar-refractivity contribution in [2.24, 2.45) is 5.73 Å². The van der Waals surface area contributed by atoms with Crippen LogP contribution in [-0.4, -0.2) is 12.8 Å². The maximum atomic E-state index is 12.0. The van der Waals surface area contributed by atoms with Gasteiger partial charge >= 0.3 is 6.18 Å². The first-order valence-corrected chi connectivity index (χ1v) is 4.42. The van der Waals surface area contributed by atoms with E-state index in [1.54, 1.807) is 25.1 Å². The molecule has 0 heterocycles.